The van der Waals surface area contributed by atoms with Gasteiger partial charge in [-0.25, -0.2) is 8.42 Å². The van der Waals surface area contributed by atoms with Crippen molar-refractivity contribution in [2.24, 2.45) is 5.92 Å². The third-order valence-electron chi connectivity index (χ3n) is 2.42. The molecule has 0 aromatic carbocycles. The lowest BCUT2D eigenvalue weighted by Gasteiger charge is -2.25. The first-order chi connectivity index (χ1) is 6.18. The minimum absolute atomic E-state index is 0.285. The van der Waals surface area contributed by atoms with Crippen LogP contribution in [0, 0.1) is 5.92 Å². The Morgan fingerprint density at radius 2 is 2.08 bits per heavy atom. The lowest BCUT2D eigenvalue weighted by Crippen LogP contribution is -2.37. The van der Waals surface area contributed by atoms with E-state index in [-0.39, 0.29) is 5.75 Å². The van der Waals surface area contributed by atoms with E-state index < -0.39 is 10.0 Å². The predicted molar refractivity (Wildman–Crippen MR) is 48.4 cm³/mol. The van der Waals surface area contributed by atoms with Gasteiger partial charge in [0.05, 0.1) is 12.4 Å². The van der Waals surface area contributed by atoms with Crippen molar-refractivity contribution in [1.29, 1.82) is 0 Å². The van der Waals surface area contributed by atoms with E-state index in [0.29, 0.717) is 19.1 Å². The summed E-state index contributed by atoms with van der Waals surface area (Å²) in [5.41, 5.74) is 0. The Bertz CT molecular complexity index is 265. The highest BCUT2D eigenvalue weighted by Gasteiger charge is 2.33. The Labute approximate surface area is 78.9 Å². The largest absolute Gasteiger partial charge is 0.284 e. The Balaban J connectivity index is 1.95. The van der Waals surface area contributed by atoms with Gasteiger partial charge in [-0.15, -0.1) is 0 Å². The van der Waals surface area contributed by atoms with Gasteiger partial charge in [0.15, 0.2) is 0 Å². The summed E-state index contributed by atoms with van der Waals surface area (Å²) in [6.07, 6.45) is 4.01. The third kappa shape index (κ3) is 2.42. The van der Waals surface area contributed by atoms with E-state index in [4.69, 9.17) is 4.84 Å². The summed E-state index contributed by atoms with van der Waals surface area (Å²) in [4.78, 5) is 5.12. The second-order valence-electron chi connectivity index (χ2n) is 3.79. The SMILES string of the molecule is O=S(=O)(CC1CC1)N1CCCCO1. The standard InChI is InChI=1S/C8H15NO3S/c10-13(11,7-8-3-4-8)9-5-1-2-6-12-9/h8H,1-7H2. The molecule has 13 heavy (non-hydrogen) atoms. The van der Waals surface area contributed by atoms with E-state index >= 15 is 0 Å². The number of hydroxylamine groups is 1. The van der Waals surface area contributed by atoms with E-state index in [1.54, 1.807) is 0 Å². The monoisotopic (exact) mass is 205 g/mol. The fourth-order valence-corrected chi connectivity index (χ4v) is 3.20. The van der Waals surface area contributed by atoms with Gasteiger partial charge < -0.3 is 0 Å². The van der Waals surface area contributed by atoms with Gasteiger partial charge in [-0.05, 0) is 31.6 Å². The minimum atomic E-state index is -3.11. The summed E-state index contributed by atoms with van der Waals surface area (Å²) in [6.45, 7) is 1.08. The lowest BCUT2D eigenvalue weighted by molar-refractivity contribution is -0.108. The summed E-state index contributed by atoms with van der Waals surface area (Å²) in [7, 11) is -3.11. The third-order valence-corrected chi connectivity index (χ3v) is 4.22. The second kappa shape index (κ2) is 3.55. The molecule has 0 radical (unpaired) electrons. The maximum atomic E-state index is 11.6. The number of rotatable bonds is 3. The molecule has 0 aromatic rings. The molecular weight excluding hydrogens is 190 g/mol. The molecule has 4 nitrogen and oxygen atoms in total. The molecule has 0 unspecified atom stereocenters. The van der Waals surface area contributed by atoms with Gasteiger partial charge in [-0.1, -0.05) is 4.47 Å². The Hall–Kier alpha value is -0.130. The molecule has 0 atom stereocenters. The van der Waals surface area contributed by atoms with Crippen LogP contribution in [0.3, 0.4) is 0 Å². The van der Waals surface area contributed by atoms with Gasteiger partial charge in [-0.3, -0.25) is 4.84 Å². The van der Waals surface area contributed by atoms with E-state index in [0.717, 1.165) is 25.7 Å². The smallest absolute Gasteiger partial charge is 0.236 e. The van der Waals surface area contributed by atoms with E-state index in [9.17, 15) is 8.42 Å². The zero-order chi connectivity index (χ0) is 9.31. The fourth-order valence-electron chi connectivity index (χ4n) is 1.46. The normalized spacial score (nSPS) is 26.2. The number of sulfonamides is 1. The van der Waals surface area contributed by atoms with Crippen LogP contribution in [0.4, 0.5) is 0 Å². The first-order valence-corrected chi connectivity index (χ1v) is 6.43. The van der Waals surface area contributed by atoms with Crippen LogP contribution in [0.15, 0.2) is 0 Å². The summed E-state index contributed by atoms with van der Waals surface area (Å²) < 4.78 is 24.5. The zero-order valence-electron chi connectivity index (χ0n) is 7.61. The summed E-state index contributed by atoms with van der Waals surface area (Å²) in [6, 6.07) is 0. The summed E-state index contributed by atoms with van der Waals surface area (Å²) in [5.74, 6) is 0.683. The van der Waals surface area contributed by atoms with Crippen molar-refractivity contribution in [3.8, 4) is 0 Å². The molecule has 76 valence electrons. The summed E-state index contributed by atoms with van der Waals surface area (Å²) in [5, 5.41) is 0. The molecule has 1 saturated heterocycles. The van der Waals surface area contributed by atoms with Gasteiger partial charge >= 0.3 is 0 Å². The highest BCUT2D eigenvalue weighted by Crippen LogP contribution is 2.31. The molecule has 0 N–H and O–H groups in total. The van der Waals surface area contributed by atoms with Crippen molar-refractivity contribution >= 4 is 10.0 Å². The molecule has 2 aliphatic rings. The van der Waals surface area contributed by atoms with Crippen molar-refractivity contribution in [1.82, 2.24) is 4.47 Å². The molecule has 1 aliphatic heterocycles. The number of hydrogen-bond acceptors (Lipinski definition) is 3. The van der Waals surface area contributed by atoms with Crippen LogP contribution >= 0.6 is 0 Å². The van der Waals surface area contributed by atoms with Gasteiger partial charge in [0, 0.05) is 6.54 Å². The topological polar surface area (TPSA) is 46.6 Å². The van der Waals surface area contributed by atoms with Crippen molar-refractivity contribution in [2.45, 2.75) is 25.7 Å². The van der Waals surface area contributed by atoms with Gasteiger partial charge in [-0.2, -0.15) is 0 Å². The molecule has 5 heteroatoms. The Kier molecular flexibility index (Phi) is 2.58. The average Bonchev–Trinajstić information content (AvgIpc) is 2.89. The second-order valence-corrected chi connectivity index (χ2v) is 5.69. The van der Waals surface area contributed by atoms with Crippen LogP contribution in [0.5, 0.6) is 0 Å². The first-order valence-electron chi connectivity index (χ1n) is 4.82. The van der Waals surface area contributed by atoms with Crippen molar-refractivity contribution in [3.05, 3.63) is 0 Å². The van der Waals surface area contributed by atoms with E-state index in [1.165, 1.54) is 4.47 Å². The maximum Gasteiger partial charge on any atom is 0.236 e. The predicted octanol–water partition coefficient (Wildman–Crippen LogP) is 0.754. The Morgan fingerprint density at radius 3 is 2.62 bits per heavy atom. The molecule has 1 saturated carbocycles. The molecule has 2 fully saturated rings. The number of hydrogen-bond donors (Lipinski definition) is 0. The molecule has 0 bridgehead atoms. The van der Waals surface area contributed by atoms with Crippen molar-refractivity contribution in [3.63, 3.8) is 0 Å². The highest BCUT2D eigenvalue weighted by atomic mass is 32.2. The minimum Gasteiger partial charge on any atom is -0.284 e. The Morgan fingerprint density at radius 1 is 1.31 bits per heavy atom. The quantitative estimate of drug-likeness (QED) is 0.683. The van der Waals surface area contributed by atoms with Crippen LogP contribution in [0.2, 0.25) is 0 Å². The number of nitrogens with zero attached hydrogens (tertiary/aromatic N) is 1. The zero-order valence-corrected chi connectivity index (χ0v) is 8.42. The maximum absolute atomic E-state index is 11.6. The molecular formula is C8H15NO3S. The molecule has 0 amide bonds. The van der Waals surface area contributed by atoms with Crippen molar-refractivity contribution in [2.75, 3.05) is 18.9 Å². The van der Waals surface area contributed by atoms with E-state index in [1.807, 2.05) is 0 Å². The fraction of sp³-hybridized carbons (Fsp3) is 1.00. The van der Waals surface area contributed by atoms with Gasteiger partial charge in [0.1, 0.15) is 0 Å². The van der Waals surface area contributed by atoms with Crippen molar-refractivity contribution < 1.29 is 13.3 Å². The van der Waals surface area contributed by atoms with Gasteiger partial charge in [0.2, 0.25) is 10.0 Å². The van der Waals surface area contributed by atoms with Crippen LogP contribution < -0.4 is 0 Å². The van der Waals surface area contributed by atoms with Crippen LogP contribution in [-0.2, 0) is 14.9 Å². The first kappa shape index (κ1) is 9.43. The van der Waals surface area contributed by atoms with E-state index in [2.05, 4.69) is 0 Å². The molecule has 1 heterocycles. The molecule has 0 aromatic heterocycles. The molecule has 0 spiro atoms. The molecule has 1 aliphatic carbocycles. The lowest BCUT2D eigenvalue weighted by atomic mass is 10.3. The van der Waals surface area contributed by atoms with Crippen LogP contribution in [-0.4, -0.2) is 31.8 Å². The molecule has 2 rings (SSSR count). The highest BCUT2D eigenvalue weighted by molar-refractivity contribution is 7.88. The van der Waals surface area contributed by atoms with Gasteiger partial charge in [0.25, 0.3) is 0 Å². The summed E-state index contributed by atoms with van der Waals surface area (Å²) >= 11 is 0. The average molecular weight is 205 g/mol. The van der Waals surface area contributed by atoms with Crippen LogP contribution in [0.1, 0.15) is 25.7 Å². The van der Waals surface area contributed by atoms with Crippen LogP contribution in [0.25, 0.3) is 0 Å².